The van der Waals surface area contributed by atoms with Gasteiger partial charge < -0.3 is 9.64 Å². The summed E-state index contributed by atoms with van der Waals surface area (Å²) < 4.78 is 18.6. The van der Waals surface area contributed by atoms with E-state index >= 15 is 0 Å². The van der Waals surface area contributed by atoms with Crippen LogP contribution < -0.4 is 10.1 Å². The zero-order valence-electron chi connectivity index (χ0n) is 18.6. The lowest BCUT2D eigenvalue weighted by molar-refractivity contribution is -0.115. The third kappa shape index (κ3) is 7.01. The number of amides is 3. The summed E-state index contributed by atoms with van der Waals surface area (Å²) in [5, 5.41) is 3.26. The van der Waals surface area contributed by atoms with Gasteiger partial charge in [0.1, 0.15) is 11.6 Å². The molecule has 2 aromatic carbocycles. The number of carbonyl (C=O) groups is 2. The van der Waals surface area contributed by atoms with Crippen molar-refractivity contribution in [1.29, 1.82) is 0 Å². The standard InChI is InChI=1S/C24H23ClFN5O3/c1-3-30(2)24(33)29-23(31(16-32)15-17-4-6-18(25)7-5-17)28-20-9-11-21(12-10-20)34-22-13-8-19(26)14-27-22/h4-14,16H,3,15H2,1-2H3,(H,28,29,33). The van der Waals surface area contributed by atoms with Gasteiger partial charge in [-0.15, -0.1) is 0 Å². The van der Waals surface area contributed by atoms with Crippen molar-refractivity contribution in [1.82, 2.24) is 20.1 Å². The second-order valence-corrected chi connectivity index (χ2v) is 7.59. The fourth-order valence-corrected chi connectivity index (χ4v) is 2.83. The van der Waals surface area contributed by atoms with E-state index in [4.69, 9.17) is 16.3 Å². The molecule has 0 radical (unpaired) electrons. The number of halogens is 2. The molecule has 0 bridgehead atoms. The van der Waals surface area contributed by atoms with Crippen molar-refractivity contribution in [2.75, 3.05) is 13.6 Å². The summed E-state index contributed by atoms with van der Waals surface area (Å²) in [4.78, 5) is 35.5. The average Bonchev–Trinajstić information content (AvgIpc) is 2.85. The summed E-state index contributed by atoms with van der Waals surface area (Å²) in [7, 11) is 1.63. The summed E-state index contributed by atoms with van der Waals surface area (Å²) >= 11 is 5.94. The Morgan fingerprint density at radius 1 is 1.15 bits per heavy atom. The molecule has 0 spiro atoms. The number of nitrogens with one attached hydrogen (secondary N) is 1. The number of hydrogen-bond acceptors (Lipinski definition) is 5. The molecule has 1 N–H and O–H groups in total. The zero-order chi connectivity index (χ0) is 24.5. The van der Waals surface area contributed by atoms with Gasteiger partial charge >= 0.3 is 6.03 Å². The fraction of sp³-hybridized carbons (Fsp3) is 0.167. The molecule has 1 aromatic heterocycles. The third-order valence-electron chi connectivity index (χ3n) is 4.70. The summed E-state index contributed by atoms with van der Waals surface area (Å²) in [5.74, 6) is 0.300. The highest BCUT2D eigenvalue weighted by molar-refractivity contribution is 6.30. The molecule has 34 heavy (non-hydrogen) atoms. The van der Waals surface area contributed by atoms with Gasteiger partial charge in [-0.05, 0) is 55.0 Å². The molecule has 0 atom stereocenters. The van der Waals surface area contributed by atoms with Gasteiger partial charge in [-0.3, -0.25) is 15.0 Å². The minimum atomic E-state index is -0.460. The van der Waals surface area contributed by atoms with Gasteiger partial charge in [-0.2, -0.15) is 0 Å². The Morgan fingerprint density at radius 3 is 2.44 bits per heavy atom. The van der Waals surface area contributed by atoms with Crippen LogP contribution in [0.25, 0.3) is 0 Å². The van der Waals surface area contributed by atoms with Crippen LogP contribution in [0.4, 0.5) is 14.9 Å². The maximum atomic E-state index is 13.0. The van der Waals surface area contributed by atoms with E-state index in [1.54, 1.807) is 55.6 Å². The zero-order valence-corrected chi connectivity index (χ0v) is 19.4. The number of aromatic nitrogens is 1. The van der Waals surface area contributed by atoms with E-state index < -0.39 is 11.8 Å². The number of nitrogens with zero attached hydrogens (tertiary/aromatic N) is 4. The van der Waals surface area contributed by atoms with Crippen molar-refractivity contribution >= 4 is 35.7 Å². The van der Waals surface area contributed by atoms with Gasteiger partial charge in [0, 0.05) is 24.7 Å². The predicted molar refractivity (Wildman–Crippen MR) is 128 cm³/mol. The molecule has 0 unspecified atom stereocenters. The molecular formula is C24H23ClFN5O3. The molecular weight excluding hydrogens is 461 g/mol. The Kier molecular flexibility index (Phi) is 8.53. The van der Waals surface area contributed by atoms with Crippen molar-refractivity contribution < 1.29 is 18.7 Å². The SMILES string of the molecule is CCN(C)C(=O)NC(=Nc1ccc(Oc2ccc(F)cn2)cc1)N(C=O)Cc1ccc(Cl)cc1. The number of carbonyl (C=O) groups excluding carboxylic acids is 2. The van der Waals surface area contributed by atoms with Gasteiger partial charge in [0.05, 0.1) is 18.4 Å². The molecule has 3 aromatic rings. The van der Waals surface area contributed by atoms with Gasteiger partial charge in [-0.1, -0.05) is 23.7 Å². The first-order valence-corrected chi connectivity index (χ1v) is 10.7. The molecule has 1 heterocycles. The molecule has 10 heteroatoms. The van der Waals surface area contributed by atoms with Crippen molar-refractivity contribution in [2.45, 2.75) is 13.5 Å². The lowest BCUT2D eigenvalue weighted by Crippen LogP contribution is -2.47. The lowest BCUT2D eigenvalue weighted by atomic mass is 10.2. The molecule has 3 rings (SSSR count). The average molecular weight is 484 g/mol. The number of urea groups is 1. The topological polar surface area (TPSA) is 87.1 Å². The molecule has 8 nitrogen and oxygen atoms in total. The second-order valence-electron chi connectivity index (χ2n) is 7.15. The smallest absolute Gasteiger partial charge is 0.323 e. The minimum absolute atomic E-state index is 0.0594. The van der Waals surface area contributed by atoms with Crippen LogP contribution in [-0.4, -0.2) is 46.8 Å². The van der Waals surface area contributed by atoms with Crippen molar-refractivity contribution in [3.05, 3.63) is 83.3 Å². The Morgan fingerprint density at radius 2 is 1.85 bits per heavy atom. The van der Waals surface area contributed by atoms with E-state index in [-0.39, 0.29) is 18.4 Å². The monoisotopic (exact) mass is 483 g/mol. The van der Waals surface area contributed by atoms with Crippen LogP contribution in [-0.2, 0) is 11.3 Å². The molecule has 0 fully saturated rings. The number of pyridine rings is 1. The van der Waals surface area contributed by atoms with Crippen LogP contribution in [0.15, 0.2) is 71.9 Å². The van der Waals surface area contributed by atoms with Gasteiger partial charge in [0.15, 0.2) is 0 Å². The predicted octanol–water partition coefficient (Wildman–Crippen LogP) is 4.97. The summed E-state index contributed by atoms with van der Waals surface area (Å²) in [6.07, 6.45) is 1.66. The Labute approximate surface area is 201 Å². The molecule has 0 aliphatic rings. The normalized spacial score (nSPS) is 11.0. The molecule has 0 saturated carbocycles. The third-order valence-corrected chi connectivity index (χ3v) is 4.95. The molecule has 0 aliphatic carbocycles. The van der Waals surface area contributed by atoms with Crippen LogP contribution >= 0.6 is 11.6 Å². The highest BCUT2D eigenvalue weighted by atomic mass is 35.5. The number of aliphatic imine (C=N–C) groups is 1. The minimum Gasteiger partial charge on any atom is -0.439 e. The van der Waals surface area contributed by atoms with Crippen LogP contribution in [0.2, 0.25) is 5.02 Å². The number of benzene rings is 2. The van der Waals surface area contributed by atoms with E-state index in [2.05, 4.69) is 15.3 Å². The summed E-state index contributed by atoms with van der Waals surface area (Å²) in [6, 6.07) is 15.8. The van der Waals surface area contributed by atoms with Crippen molar-refractivity contribution in [3.63, 3.8) is 0 Å². The van der Waals surface area contributed by atoms with E-state index in [0.717, 1.165) is 11.8 Å². The largest absolute Gasteiger partial charge is 0.439 e. The van der Waals surface area contributed by atoms with Crippen LogP contribution in [0.1, 0.15) is 12.5 Å². The van der Waals surface area contributed by atoms with Gasteiger partial charge in [0.25, 0.3) is 0 Å². The van der Waals surface area contributed by atoms with E-state index in [0.29, 0.717) is 29.4 Å². The first-order valence-electron chi connectivity index (χ1n) is 10.3. The number of ether oxygens (including phenoxy) is 1. The first kappa shape index (κ1) is 24.7. The van der Waals surface area contributed by atoms with Crippen molar-refractivity contribution in [2.24, 2.45) is 4.99 Å². The van der Waals surface area contributed by atoms with E-state index in [1.165, 1.54) is 21.9 Å². The van der Waals surface area contributed by atoms with Crippen LogP contribution in [0, 0.1) is 5.82 Å². The highest BCUT2D eigenvalue weighted by Crippen LogP contribution is 2.23. The maximum absolute atomic E-state index is 13.0. The Hall–Kier alpha value is -3.98. The molecule has 0 saturated heterocycles. The van der Waals surface area contributed by atoms with Crippen LogP contribution in [0.3, 0.4) is 0 Å². The lowest BCUT2D eigenvalue weighted by Gasteiger charge is -2.23. The molecule has 0 aliphatic heterocycles. The fourth-order valence-electron chi connectivity index (χ4n) is 2.70. The Bertz CT molecular complexity index is 1140. The van der Waals surface area contributed by atoms with Gasteiger partial charge in [-0.25, -0.2) is 19.2 Å². The second kappa shape index (κ2) is 11.8. The van der Waals surface area contributed by atoms with E-state index in [1.807, 2.05) is 6.92 Å². The number of rotatable bonds is 7. The highest BCUT2D eigenvalue weighted by Gasteiger charge is 2.17. The van der Waals surface area contributed by atoms with E-state index in [9.17, 15) is 14.0 Å². The number of hydrogen-bond donors (Lipinski definition) is 1. The molecule has 176 valence electrons. The number of guanidine groups is 1. The maximum Gasteiger partial charge on any atom is 0.323 e. The first-order chi connectivity index (χ1) is 16.4. The van der Waals surface area contributed by atoms with Crippen LogP contribution in [0.5, 0.6) is 11.6 Å². The molecule has 3 amide bonds. The van der Waals surface area contributed by atoms with Gasteiger partial charge in [0.2, 0.25) is 18.2 Å². The quantitative estimate of drug-likeness (QED) is 0.292. The Balaban J connectivity index is 1.83. The summed E-state index contributed by atoms with van der Waals surface area (Å²) in [5.41, 5.74) is 1.27. The van der Waals surface area contributed by atoms with Crippen molar-refractivity contribution in [3.8, 4) is 11.6 Å². The summed E-state index contributed by atoms with van der Waals surface area (Å²) in [6.45, 7) is 2.48.